The maximum atomic E-state index is 12.2. The Morgan fingerprint density at radius 2 is 1.71 bits per heavy atom. The van der Waals surface area contributed by atoms with Gasteiger partial charge in [-0.25, -0.2) is 0 Å². The third kappa shape index (κ3) is 3.03. The Morgan fingerprint density at radius 1 is 0.952 bits per heavy atom. The van der Waals surface area contributed by atoms with Gasteiger partial charge in [-0.2, -0.15) is 0 Å². The molecule has 0 bridgehead atoms. The monoisotopic (exact) mass is 276 g/mol. The molecule has 0 aliphatic heterocycles. The third-order valence-corrected chi connectivity index (χ3v) is 3.40. The number of carbonyl (C=O) groups excluding carboxylic acids is 1. The molecule has 0 fully saturated rings. The van der Waals surface area contributed by atoms with Gasteiger partial charge in [0.25, 0.3) is 0 Å². The Morgan fingerprint density at radius 3 is 2.57 bits per heavy atom. The fraction of sp³-hybridized carbons (Fsp3) is 0.0556. The molecule has 1 amide bonds. The number of amides is 1. The second-order valence-electron chi connectivity index (χ2n) is 4.99. The van der Waals surface area contributed by atoms with Crippen LogP contribution in [0.1, 0.15) is 5.56 Å². The lowest BCUT2D eigenvalue weighted by Gasteiger charge is -2.08. The van der Waals surface area contributed by atoms with Crippen molar-refractivity contribution in [2.45, 2.75) is 6.42 Å². The van der Waals surface area contributed by atoms with Crippen LogP contribution in [0.3, 0.4) is 0 Å². The SMILES string of the molecule is Nc1cccc(NC(=O)Cc2cccc3ccccc23)c1. The summed E-state index contributed by atoms with van der Waals surface area (Å²) in [6, 6.07) is 21.3. The standard InChI is InChI=1S/C18H16N2O/c19-15-8-4-9-16(12-15)20-18(21)11-14-7-3-6-13-5-1-2-10-17(13)14/h1-10,12H,11,19H2,(H,20,21). The van der Waals surface area contributed by atoms with Crippen LogP contribution in [0.2, 0.25) is 0 Å². The first-order valence-electron chi connectivity index (χ1n) is 6.84. The van der Waals surface area contributed by atoms with Gasteiger partial charge in [0, 0.05) is 11.4 Å². The van der Waals surface area contributed by atoms with Crippen molar-refractivity contribution in [3.05, 3.63) is 72.3 Å². The molecule has 0 saturated heterocycles. The van der Waals surface area contributed by atoms with Crippen molar-refractivity contribution >= 4 is 28.1 Å². The van der Waals surface area contributed by atoms with Crippen molar-refractivity contribution < 1.29 is 4.79 Å². The number of nitrogens with two attached hydrogens (primary N) is 1. The molecule has 0 aromatic heterocycles. The highest BCUT2D eigenvalue weighted by Crippen LogP contribution is 2.19. The van der Waals surface area contributed by atoms with Gasteiger partial charge in [-0.1, -0.05) is 48.5 Å². The van der Waals surface area contributed by atoms with Crippen molar-refractivity contribution in [2.75, 3.05) is 11.1 Å². The van der Waals surface area contributed by atoms with Crippen LogP contribution < -0.4 is 11.1 Å². The first-order chi connectivity index (χ1) is 10.2. The molecule has 0 aliphatic rings. The number of fused-ring (bicyclic) bond motifs is 1. The lowest BCUT2D eigenvalue weighted by atomic mass is 10.0. The second-order valence-corrected chi connectivity index (χ2v) is 4.99. The highest BCUT2D eigenvalue weighted by molar-refractivity contribution is 5.96. The number of rotatable bonds is 3. The molecule has 3 aromatic rings. The number of nitrogens with one attached hydrogen (secondary N) is 1. The van der Waals surface area contributed by atoms with Gasteiger partial charge in [0.1, 0.15) is 0 Å². The van der Waals surface area contributed by atoms with Gasteiger partial charge < -0.3 is 11.1 Å². The summed E-state index contributed by atoms with van der Waals surface area (Å²) in [6.45, 7) is 0. The molecular weight excluding hydrogens is 260 g/mol. The molecule has 0 spiro atoms. The van der Waals surface area contributed by atoms with E-state index < -0.39 is 0 Å². The molecule has 3 N–H and O–H groups in total. The highest BCUT2D eigenvalue weighted by Gasteiger charge is 2.07. The van der Waals surface area contributed by atoms with Crippen molar-refractivity contribution in [1.29, 1.82) is 0 Å². The summed E-state index contributed by atoms with van der Waals surface area (Å²) in [5.74, 6) is -0.0445. The molecule has 0 saturated carbocycles. The minimum absolute atomic E-state index is 0.0445. The van der Waals surface area contributed by atoms with E-state index in [-0.39, 0.29) is 5.91 Å². The van der Waals surface area contributed by atoms with Gasteiger partial charge in [-0.05, 0) is 34.5 Å². The lowest BCUT2D eigenvalue weighted by Crippen LogP contribution is -2.14. The molecule has 0 radical (unpaired) electrons. The van der Waals surface area contributed by atoms with E-state index in [2.05, 4.69) is 17.4 Å². The fourth-order valence-electron chi connectivity index (χ4n) is 2.44. The maximum absolute atomic E-state index is 12.2. The number of hydrogen-bond donors (Lipinski definition) is 2. The Labute approximate surface area is 123 Å². The number of benzene rings is 3. The molecule has 0 heterocycles. The summed E-state index contributed by atoms with van der Waals surface area (Å²) in [7, 11) is 0. The van der Waals surface area contributed by atoms with Crippen LogP contribution in [0.4, 0.5) is 11.4 Å². The van der Waals surface area contributed by atoms with E-state index in [9.17, 15) is 4.79 Å². The lowest BCUT2D eigenvalue weighted by molar-refractivity contribution is -0.115. The fourth-order valence-corrected chi connectivity index (χ4v) is 2.44. The average Bonchev–Trinajstić information content (AvgIpc) is 2.47. The van der Waals surface area contributed by atoms with Crippen molar-refractivity contribution in [3.8, 4) is 0 Å². The van der Waals surface area contributed by atoms with Crippen LogP contribution in [-0.2, 0) is 11.2 Å². The number of nitrogen functional groups attached to an aromatic ring is 1. The van der Waals surface area contributed by atoms with E-state index in [1.807, 2.05) is 42.5 Å². The van der Waals surface area contributed by atoms with E-state index >= 15 is 0 Å². The van der Waals surface area contributed by atoms with E-state index in [1.54, 1.807) is 12.1 Å². The topological polar surface area (TPSA) is 55.1 Å². The molecule has 0 aliphatic carbocycles. The van der Waals surface area contributed by atoms with Crippen LogP contribution in [0, 0.1) is 0 Å². The third-order valence-electron chi connectivity index (χ3n) is 3.40. The average molecular weight is 276 g/mol. The maximum Gasteiger partial charge on any atom is 0.228 e. The molecule has 3 rings (SSSR count). The first-order valence-corrected chi connectivity index (χ1v) is 6.84. The highest BCUT2D eigenvalue weighted by atomic mass is 16.1. The Hall–Kier alpha value is -2.81. The largest absolute Gasteiger partial charge is 0.399 e. The molecule has 3 nitrogen and oxygen atoms in total. The summed E-state index contributed by atoms with van der Waals surface area (Å²) >= 11 is 0. The van der Waals surface area contributed by atoms with Crippen LogP contribution in [0.5, 0.6) is 0 Å². The van der Waals surface area contributed by atoms with Crippen molar-refractivity contribution in [3.63, 3.8) is 0 Å². The molecule has 0 unspecified atom stereocenters. The number of anilines is 2. The molecule has 3 aromatic carbocycles. The first kappa shape index (κ1) is 13.2. The van der Waals surface area contributed by atoms with Crippen molar-refractivity contribution in [2.24, 2.45) is 0 Å². The van der Waals surface area contributed by atoms with Gasteiger partial charge >= 0.3 is 0 Å². The smallest absolute Gasteiger partial charge is 0.228 e. The molecule has 21 heavy (non-hydrogen) atoms. The zero-order valence-corrected chi connectivity index (χ0v) is 11.5. The molecule has 104 valence electrons. The molecular formula is C18H16N2O. The summed E-state index contributed by atoms with van der Waals surface area (Å²) in [4.78, 5) is 12.2. The van der Waals surface area contributed by atoms with Gasteiger partial charge in [0.2, 0.25) is 5.91 Å². The van der Waals surface area contributed by atoms with Gasteiger partial charge in [-0.15, -0.1) is 0 Å². The van der Waals surface area contributed by atoms with Crippen LogP contribution in [-0.4, -0.2) is 5.91 Å². The van der Waals surface area contributed by atoms with E-state index in [4.69, 9.17) is 5.73 Å². The summed E-state index contributed by atoms with van der Waals surface area (Å²) in [5, 5.41) is 5.14. The molecule has 3 heteroatoms. The minimum atomic E-state index is -0.0445. The summed E-state index contributed by atoms with van der Waals surface area (Å²) in [5.41, 5.74) is 8.09. The predicted molar refractivity (Wildman–Crippen MR) is 87.1 cm³/mol. The number of carbonyl (C=O) groups is 1. The summed E-state index contributed by atoms with van der Waals surface area (Å²) in [6.07, 6.45) is 0.343. The zero-order chi connectivity index (χ0) is 14.7. The Kier molecular flexibility index (Phi) is 3.56. The Bertz CT molecular complexity index is 791. The van der Waals surface area contributed by atoms with Gasteiger partial charge in [0.05, 0.1) is 6.42 Å². The summed E-state index contributed by atoms with van der Waals surface area (Å²) < 4.78 is 0. The van der Waals surface area contributed by atoms with Crippen LogP contribution in [0.15, 0.2) is 66.7 Å². The Balaban J connectivity index is 1.80. The van der Waals surface area contributed by atoms with E-state index in [1.165, 1.54) is 0 Å². The van der Waals surface area contributed by atoms with Crippen molar-refractivity contribution in [1.82, 2.24) is 0 Å². The van der Waals surface area contributed by atoms with Gasteiger partial charge in [0.15, 0.2) is 0 Å². The van der Waals surface area contributed by atoms with Gasteiger partial charge in [-0.3, -0.25) is 4.79 Å². The molecule has 0 atom stereocenters. The van der Waals surface area contributed by atoms with E-state index in [0.717, 1.165) is 22.0 Å². The zero-order valence-electron chi connectivity index (χ0n) is 11.5. The minimum Gasteiger partial charge on any atom is -0.399 e. The second kappa shape index (κ2) is 5.67. The predicted octanol–water partition coefficient (Wildman–Crippen LogP) is 3.60. The normalized spacial score (nSPS) is 10.5. The number of hydrogen-bond acceptors (Lipinski definition) is 2. The quantitative estimate of drug-likeness (QED) is 0.718. The van der Waals surface area contributed by atoms with Crippen LogP contribution in [0.25, 0.3) is 10.8 Å². The van der Waals surface area contributed by atoms with Crippen LogP contribution >= 0.6 is 0 Å². The van der Waals surface area contributed by atoms with E-state index in [0.29, 0.717) is 12.1 Å².